The van der Waals surface area contributed by atoms with Gasteiger partial charge in [0.05, 0.1) is 5.52 Å². The average molecular weight is 161 g/mol. The number of pyridine rings is 1. The molecule has 0 saturated heterocycles. The van der Waals surface area contributed by atoms with E-state index >= 15 is 0 Å². The van der Waals surface area contributed by atoms with Crippen molar-refractivity contribution in [1.29, 1.82) is 0 Å². The number of imidazole rings is 1. The van der Waals surface area contributed by atoms with Crippen molar-refractivity contribution in [3.63, 3.8) is 0 Å². The lowest BCUT2D eigenvalue weighted by Crippen LogP contribution is -1.85. The van der Waals surface area contributed by atoms with Crippen LogP contribution >= 0.6 is 0 Å². The van der Waals surface area contributed by atoms with E-state index < -0.39 is 0 Å². The van der Waals surface area contributed by atoms with Gasteiger partial charge >= 0.3 is 0 Å². The van der Waals surface area contributed by atoms with Gasteiger partial charge in [0.2, 0.25) is 0 Å². The average Bonchev–Trinajstić information content (AvgIpc) is 2.39. The van der Waals surface area contributed by atoms with Gasteiger partial charge in [-0.3, -0.25) is 0 Å². The second-order valence-corrected chi connectivity index (χ2v) is 3.09. The number of nitrogens with one attached hydrogen (secondary N) is 1. The quantitative estimate of drug-likeness (QED) is 0.641. The molecule has 1 N–H and O–H groups in total. The Kier molecular flexibility index (Phi) is 1.40. The molecular weight excluding hydrogens is 150 g/mol. The summed E-state index contributed by atoms with van der Waals surface area (Å²) < 4.78 is 0. The number of aromatic nitrogens is 3. The van der Waals surface area contributed by atoms with Crippen molar-refractivity contribution in [3.05, 3.63) is 23.1 Å². The Morgan fingerprint density at radius 3 is 2.75 bits per heavy atom. The van der Waals surface area contributed by atoms with E-state index in [-0.39, 0.29) is 0 Å². The molecule has 2 rings (SSSR count). The summed E-state index contributed by atoms with van der Waals surface area (Å²) >= 11 is 0. The van der Waals surface area contributed by atoms with Crippen molar-refractivity contribution in [1.82, 2.24) is 15.0 Å². The normalized spacial score (nSPS) is 10.9. The molecule has 3 nitrogen and oxygen atoms in total. The Morgan fingerprint density at radius 2 is 2.00 bits per heavy atom. The number of hydrogen-bond acceptors (Lipinski definition) is 2. The van der Waals surface area contributed by atoms with Crippen LogP contribution in [0, 0.1) is 20.8 Å². The maximum absolute atomic E-state index is 4.25. The minimum Gasteiger partial charge on any atom is -0.341 e. The lowest BCUT2D eigenvalue weighted by molar-refractivity contribution is 1.16. The van der Waals surface area contributed by atoms with Crippen molar-refractivity contribution in [3.8, 4) is 0 Å². The molecule has 62 valence electrons. The number of aryl methyl sites for hydroxylation is 3. The molecular formula is C9H11N3. The van der Waals surface area contributed by atoms with Crippen LogP contribution < -0.4 is 0 Å². The lowest BCUT2D eigenvalue weighted by Gasteiger charge is -1.97. The van der Waals surface area contributed by atoms with Gasteiger partial charge in [-0.2, -0.15) is 0 Å². The van der Waals surface area contributed by atoms with E-state index in [0.717, 1.165) is 17.0 Å². The number of hydrogen-bond donors (Lipinski definition) is 1. The fraction of sp³-hybridized carbons (Fsp3) is 0.333. The molecule has 0 bridgehead atoms. The van der Waals surface area contributed by atoms with Crippen molar-refractivity contribution < 1.29 is 0 Å². The van der Waals surface area contributed by atoms with E-state index in [1.165, 1.54) is 11.1 Å². The van der Waals surface area contributed by atoms with E-state index in [0.29, 0.717) is 0 Å². The van der Waals surface area contributed by atoms with Gasteiger partial charge in [-0.05, 0) is 31.9 Å². The third-order valence-electron chi connectivity index (χ3n) is 2.15. The second-order valence-electron chi connectivity index (χ2n) is 3.09. The lowest BCUT2D eigenvalue weighted by atomic mass is 10.2. The first-order valence-electron chi connectivity index (χ1n) is 3.97. The molecule has 0 radical (unpaired) electrons. The van der Waals surface area contributed by atoms with E-state index in [4.69, 9.17) is 0 Å². The van der Waals surface area contributed by atoms with E-state index in [9.17, 15) is 0 Å². The highest BCUT2D eigenvalue weighted by atomic mass is 15.0. The molecule has 0 amide bonds. The van der Waals surface area contributed by atoms with Crippen LogP contribution in [0.1, 0.15) is 17.0 Å². The van der Waals surface area contributed by atoms with Crippen molar-refractivity contribution in [2.45, 2.75) is 20.8 Å². The highest BCUT2D eigenvalue weighted by molar-refractivity contribution is 5.75. The van der Waals surface area contributed by atoms with Gasteiger partial charge in [0.1, 0.15) is 5.82 Å². The first-order valence-corrected chi connectivity index (χ1v) is 3.97. The number of fused-ring (bicyclic) bond motifs is 1. The maximum Gasteiger partial charge on any atom is 0.177 e. The van der Waals surface area contributed by atoms with Gasteiger partial charge in [0.15, 0.2) is 5.65 Å². The van der Waals surface area contributed by atoms with Crippen molar-refractivity contribution in [2.75, 3.05) is 0 Å². The predicted octanol–water partition coefficient (Wildman–Crippen LogP) is 1.88. The van der Waals surface area contributed by atoms with Gasteiger partial charge < -0.3 is 4.98 Å². The van der Waals surface area contributed by atoms with Crippen LogP contribution in [0.2, 0.25) is 0 Å². The molecule has 0 aliphatic heterocycles. The third kappa shape index (κ3) is 0.897. The van der Waals surface area contributed by atoms with Gasteiger partial charge in [-0.15, -0.1) is 0 Å². The summed E-state index contributed by atoms with van der Waals surface area (Å²) in [5.41, 5.74) is 4.31. The maximum atomic E-state index is 4.25. The summed E-state index contributed by atoms with van der Waals surface area (Å²) in [6, 6.07) is 0. The number of rotatable bonds is 0. The third-order valence-corrected chi connectivity index (χ3v) is 2.15. The summed E-state index contributed by atoms with van der Waals surface area (Å²) in [6.45, 7) is 6.07. The number of aromatic amines is 1. The first-order chi connectivity index (χ1) is 5.68. The highest BCUT2D eigenvalue weighted by Crippen LogP contribution is 2.15. The van der Waals surface area contributed by atoms with E-state index in [1.54, 1.807) is 0 Å². The van der Waals surface area contributed by atoms with Gasteiger partial charge in [-0.25, -0.2) is 9.97 Å². The molecule has 0 spiro atoms. The molecule has 0 aliphatic rings. The monoisotopic (exact) mass is 161 g/mol. The molecule has 12 heavy (non-hydrogen) atoms. The van der Waals surface area contributed by atoms with E-state index in [2.05, 4.69) is 28.8 Å². The van der Waals surface area contributed by atoms with Crippen LogP contribution in [0.25, 0.3) is 11.2 Å². The summed E-state index contributed by atoms with van der Waals surface area (Å²) in [5.74, 6) is 0.922. The Bertz CT molecular complexity index is 429. The zero-order valence-corrected chi connectivity index (χ0v) is 7.47. The molecule has 0 aromatic carbocycles. The fourth-order valence-corrected chi connectivity index (χ4v) is 1.29. The summed E-state index contributed by atoms with van der Waals surface area (Å²) in [6.07, 6.45) is 1.86. The molecule has 2 aromatic heterocycles. The SMILES string of the molecule is Cc1nc2ncc(C)c(C)c2[nH]1. The van der Waals surface area contributed by atoms with E-state index in [1.807, 2.05) is 13.1 Å². The number of nitrogens with zero attached hydrogens (tertiary/aromatic N) is 2. The number of H-pyrrole nitrogens is 1. The largest absolute Gasteiger partial charge is 0.341 e. The Labute approximate surface area is 70.9 Å². The van der Waals surface area contributed by atoms with Gasteiger partial charge in [-0.1, -0.05) is 0 Å². The summed E-state index contributed by atoms with van der Waals surface area (Å²) in [4.78, 5) is 11.7. The highest BCUT2D eigenvalue weighted by Gasteiger charge is 2.04. The molecule has 0 aliphatic carbocycles. The first kappa shape index (κ1) is 7.28. The molecule has 2 heterocycles. The molecule has 0 unspecified atom stereocenters. The Hall–Kier alpha value is -1.38. The minimum absolute atomic E-state index is 0.815. The second kappa shape index (κ2) is 2.30. The predicted molar refractivity (Wildman–Crippen MR) is 48.1 cm³/mol. The summed E-state index contributed by atoms with van der Waals surface area (Å²) in [7, 11) is 0. The van der Waals surface area contributed by atoms with Crippen LogP contribution in [0.15, 0.2) is 6.20 Å². The zero-order valence-electron chi connectivity index (χ0n) is 7.47. The van der Waals surface area contributed by atoms with Crippen LogP contribution in [0.3, 0.4) is 0 Å². The Balaban J connectivity index is 2.89. The topological polar surface area (TPSA) is 41.6 Å². The van der Waals surface area contributed by atoms with Crippen LogP contribution in [0.5, 0.6) is 0 Å². The van der Waals surface area contributed by atoms with Gasteiger partial charge in [0.25, 0.3) is 0 Å². The summed E-state index contributed by atoms with van der Waals surface area (Å²) in [5, 5.41) is 0. The smallest absolute Gasteiger partial charge is 0.177 e. The molecule has 0 fully saturated rings. The van der Waals surface area contributed by atoms with Crippen molar-refractivity contribution in [2.24, 2.45) is 0 Å². The molecule has 0 saturated carbocycles. The van der Waals surface area contributed by atoms with Crippen LogP contribution in [-0.2, 0) is 0 Å². The van der Waals surface area contributed by atoms with Crippen molar-refractivity contribution >= 4 is 11.2 Å². The molecule has 2 aromatic rings. The zero-order chi connectivity index (χ0) is 8.72. The fourth-order valence-electron chi connectivity index (χ4n) is 1.29. The van der Waals surface area contributed by atoms with Crippen LogP contribution in [-0.4, -0.2) is 15.0 Å². The molecule has 3 heteroatoms. The van der Waals surface area contributed by atoms with Crippen LogP contribution in [0.4, 0.5) is 0 Å². The standard InChI is InChI=1S/C9H11N3/c1-5-4-10-9-8(6(5)2)11-7(3)12-9/h4H,1-3H3,(H,10,11,12). The minimum atomic E-state index is 0.815. The van der Waals surface area contributed by atoms with Gasteiger partial charge in [0, 0.05) is 6.20 Å². The Morgan fingerprint density at radius 1 is 1.25 bits per heavy atom. The molecule has 0 atom stereocenters.